The number of nitrogens with one attached hydrogen (secondary N) is 2. The highest BCUT2D eigenvalue weighted by molar-refractivity contribution is 6.04. The van der Waals surface area contributed by atoms with Crippen LogP contribution in [-0.2, 0) is 22.7 Å². The van der Waals surface area contributed by atoms with E-state index in [0.717, 1.165) is 49.5 Å². The first-order valence-electron chi connectivity index (χ1n) is 15.6. The van der Waals surface area contributed by atoms with Crippen molar-refractivity contribution in [1.29, 1.82) is 0 Å². The lowest BCUT2D eigenvalue weighted by Gasteiger charge is -2.32. The third kappa shape index (κ3) is 9.09. The smallest absolute Gasteiger partial charge is 0.431 e. The number of benzene rings is 2. The second-order valence-corrected chi connectivity index (χ2v) is 11.6. The summed E-state index contributed by atoms with van der Waals surface area (Å²) < 4.78 is 12.1. The maximum Gasteiger partial charge on any atom is 0.513 e. The number of aromatic nitrogens is 3. The van der Waals surface area contributed by atoms with Gasteiger partial charge in [-0.2, -0.15) is 4.57 Å². The lowest BCUT2D eigenvalue weighted by atomic mass is 10.1. The average Bonchev–Trinajstić information content (AvgIpc) is 3.07. The molecule has 0 aliphatic carbocycles. The Kier molecular flexibility index (Phi) is 10.9. The van der Waals surface area contributed by atoms with Gasteiger partial charge in [0.05, 0.1) is 11.3 Å². The van der Waals surface area contributed by atoms with E-state index in [1.165, 1.54) is 5.56 Å². The number of carbonyl (C=O) groups is 2. The van der Waals surface area contributed by atoms with Crippen molar-refractivity contribution in [2.45, 2.75) is 46.6 Å². The quantitative estimate of drug-likeness (QED) is 0.168. The van der Waals surface area contributed by atoms with Gasteiger partial charge in [-0.1, -0.05) is 25.1 Å². The van der Waals surface area contributed by atoms with Crippen LogP contribution in [0.3, 0.4) is 0 Å². The summed E-state index contributed by atoms with van der Waals surface area (Å²) in [5.74, 6) is 0.234. The van der Waals surface area contributed by atoms with Gasteiger partial charge in [-0.15, -0.1) is 0 Å². The molecule has 240 valence electrons. The fourth-order valence-electron chi connectivity index (χ4n) is 4.93. The van der Waals surface area contributed by atoms with Crippen molar-refractivity contribution in [2.24, 2.45) is 0 Å². The number of hydrogen-bond donors (Lipinski definition) is 2. The molecule has 0 saturated carbocycles. The Morgan fingerprint density at radius 3 is 2.59 bits per heavy atom. The highest BCUT2D eigenvalue weighted by Gasteiger charge is 2.16. The molecular formula is C35H42N7O4+. The normalized spacial score (nSPS) is 14.3. The summed E-state index contributed by atoms with van der Waals surface area (Å²) >= 11 is 0. The molecule has 2 N–H and O–H groups in total. The van der Waals surface area contributed by atoms with Gasteiger partial charge in [-0.05, 0) is 74.8 Å². The molecule has 1 aliphatic rings. The minimum atomic E-state index is -0.704. The Balaban J connectivity index is 1.20. The zero-order valence-electron chi connectivity index (χ0n) is 26.9. The number of aryl methyl sites for hydroxylation is 1. The molecule has 0 spiro atoms. The van der Waals surface area contributed by atoms with Gasteiger partial charge in [0.15, 0.2) is 12.4 Å². The van der Waals surface area contributed by atoms with Crippen molar-refractivity contribution in [2.75, 3.05) is 43.9 Å². The fraction of sp³-hybridized carbons (Fsp3) is 0.343. The molecule has 0 bridgehead atoms. The fourth-order valence-corrected chi connectivity index (χ4v) is 4.93. The van der Waals surface area contributed by atoms with Crippen molar-refractivity contribution in [3.8, 4) is 11.3 Å². The van der Waals surface area contributed by atoms with Gasteiger partial charge in [-0.25, -0.2) is 14.8 Å². The number of amides is 1. The van der Waals surface area contributed by atoms with Crippen molar-refractivity contribution >= 4 is 29.4 Å². The summed E-state index contributed by atoms with van der Waals surface area (Å²) in [6, 6.07) is 19.1. The Bertz CT molecular complexity index is 1640. The van der Waals surface area contributed by atoms with Gasteiger partial charge in [0.1, 0.15) is 6.10 Å². The summed E-state index contributed by atoms with van der Waals surface area (Å²) in [6.07, 6.45) is 5.12. The first kappa shape index (κ1) is 32.5. The Morgan fingerprint density at radius 1 is 1.04 bits per heavy atom. The standard InChI is InChI=1S/C35H41N7O4/c1-5-26(3)46-35(44)45-24-42-16-6-7-29(23-42)31-14-15-36-34(38-31)39-32-21-30(13-8-25(32)2)37-33(43)28-11-9-27(10-12-28)22-41-19-17-40(4)18-20-41/h6-16,21,23,26H,5,17-20,22,24H2,1-4H3,(H-,36,37,38,39,43)/p+1. The van der Waals surface area contributed by atoms with Gasteiger partial charge in [0.25, 0.3) is 12.6 Å². The first-order chi connectivity index (χ1) is 22.2. The van der Waals surface area contributed by atoms with Crippen LogP contribution in [0.4, 0.5) is 22.1 Å². The molecule has 4 aromatic rings. The highest BCUT2D eigenvalue weighted by Crippen LogP contribution is 2.25. The van der Waals surface area contributed by atoms with Crippen molar-refractivity contribution in [3.63, 3.8) is 0 Å². The van der Waals surface area contributed by atoms with Crippen LogP contribution in [-0.4, -0.2) is 71.2 Å². The van der Waals surface area contributed by atoms with Crippen molar-refractivity contribution in [3.05, 3.63) is 95.9 Å². The Hall–Kier alpha value is -4.87. The molecule has 0 radical (unpaired) electrons. The van der Waals surface area contributed by atoms with E-state index >= 15 is 0 Å². The van der Waals surface area contributed by atoms with Crippen molar-refractivity contribution < 1.29 is 23.6 Å². The zero-order valence-corrected chi connectivity index (χ0v) is 26.9. The van der Waals surface area contributed by atoms with Gasteiger partial charge in [0, 0.05) is 61.9 Å². The van der Waals surface area contributed by atoms with Crippen LogP contribution in [0.5, 0.6) is 0 Å². The van der Waals surface area contributed by atoms with E-state index in [9.17, 15) is 9.59 Å². The highest BCUT2D eigenvalue weighted by atomic mass is 16.7. The summed E-state index contributed by atoms with van der Waals surface area (Å²) in [4.78, 5) is 38.9. The summed E-state index contributed by atoms with van der Waals surface area (Å²) in [7, 11) is 2.15. The van der Waals surface area contributed by atoms with Crippen LogP contribution < -0.4 is 15.2 Å². The molecule has 3 heterocycles. The van der Waals surface area contributed by atoms with E-state index in [1.54, 1.807) is 17.0 Å². The predicted molar refractivity (Wildman–Crippen MR) is 177 cm³/mol. The number of anilines is 3. The second kappa shape index (κ2) is 15.4. The van der Waals surface area contributed by atoms with Crippen LogP contribution in [0.2, 0.25) is 0 Å². The molecule has 2 aromatic carbocycles. The summed E-state index contributed by atoms with van der Waals surface area (Å²) in [5, 5.41) is 6.30. The van der Waals surface area contributed by atoms with Crippen molar-refractivity contribution in [1.82, 2.24) is 19.8 Å². The van der Waals surface area contributed by atoms with E-state index in [1.807, 2.05) is 87.6 Å². The number of likely N-dealkylation sites (N-methyl/N-ethyl adjacent to an activating group) is 1. The molecule has 2 aromatic heterocycles. The van der Waals surface area contributed by atoms with Crippen LogP contribution in [0.25, 0.3) is 11.3 Å². The predicted octanol–water partition coefficient (Wildman–Crippen LogP) is 5.39. The number of hydrogen-bond acceptors (Lipinski definition) is 9. The maximum absolute atomic E-state index is 13.1. The SMILES string of the molecule is CCC(C)OC(=O)OC[n+]1cccc(-c2ccnc(Nc3cc(NC(=O)c4ccc(CN5CCN(C)CC5)cc4)ccc3C)n2)c1. The molecule has 46 heavy (non-hydrogen) atoms. The number of pyridine rings is 1. The molecule has 5 rings (SSSR count). The third-order valence-electron chi connectivity index (χ3n) is 7.97. The minimum Gasteiger partial charge on any atom is -0.431 e. The van der Waals surface area contributed by atoms with E-state index in [0.29, 0.717) is 29.3 Å². The molecule has 1 unspecified atom stereocenters. The van der Waals surface area contributed by atoms with Crippen LogP contribution >= 0.6 is 0 Å². The van der Waals surface area contributed by atoms with E-state index in [4.69, 9.17) is 14.5 Å². The lowest BCUT2D eigenvalue weighted by molar-refractivity contribution is -0.727. The molecule has 11 heteroatoms. The molecule has 11 nitrogen and oxygen atoms in total. The molecule has 1 atom stereocenters. The van der Waals surface area contributed by atoms with E-state index in [-0.39, 0.29) is 18.7 Å². The lowest BCUT2D eigenvalue weighted by Crippen LogP contribution is -2.43. The molecule has 1 amide bonds. The minimum absolute atomic E-state index is 0.0117. The monoisotopic (exact) mass is 624 g/mol. The number of ether oxygens (including phenoxy) is 2. The number of piperazine rings is 1. The van der Waals surface area contributed by atoms with Crippen LogP contribution in [0, 0.1) is 6.92 Å². The molecule has 1 saturated heterocycles. The van der Waals surface area contributed by atoms with Crippen LogP contribution in [0.1, 0.15) is 41.8 Å². The number of rotatable bonds is 11. The summed E-state index contributed by atoms with van der Waals surface area (Å²) in [5.41, 5.74) is 5.71. The second-order valence-electron chi connectivity index (χ2n) is 11.6. The number of nitrogens with zero attached hydrogens (tertiary/aromatic N) is 5. The molecule has 1 fully saturated rings. The zero-order chi connectivity index (χ0) is 32.5. The maximum atomic E-state index is 13.1. The molecule has 1 aliphatic heterocycles. The topological polar surface area (TPSA) is 113 Å². The Labute approximate surface area is 270 Å². The third-order valence-corrected chi connectivity index (χ3v) is 7.97. The number of carbonyl (C=O) groups excluding carboxylic acids is 2. The molecular weight excluding hydrogens is 582 g/mol. The Morgan fingerprint density at radius 2 is 1.83 bits per heavy atom. The van der Waals surface area contributed by atoms with E-state index in [2.05, 4.69) is 32.5 Å². The van der Waals surface area contributed by atoms with Gasteiger partial charge >= 0.3 is 6.16 Å². The average molecular weight is 625 g/mol. The largest absolute Gasteiger partial charge is 0.513 e. The van der Waals surface area contributed by atoms with Gasteiger partial charge < -0.3 is 25.0 Å². The van der Waals surface area contributed by atoms with E-state index < -0.39 is 6.16 Å². The first-order valence-corrected chi connectivity index (χ1v) is 15.6. The summed E-state index contributed by atoms with van der Waals surface area (Å²) in [6.45, 7) is 10.9. The van der Waals surface area contributed by atoms with Gasteiger partial charge in [-0.3, -0.25) is 9.69 Å². The van der Waals surface area contributed by atoms with Gasteiger partial charge in [0.2, 0.25) is 5.95 Å². The van der Waals surface area contributed by atoms with Crippen LogP contribution in [0.15, 0.2) is 79.3 Å².